The molecule has 1 aromatic carbocycles. The van der Waals surface area contributed by atoms with E-state index in [-0.39, 0.29) is 0 Å². The summed E-state index contributed by atoms with van der Waals surface area (Å²) in [4.78, 5) is 11.9. The predicted octanol–water partition coefficient (Wildman–Crippen LogP) is 4.78. The van der Waals surface area contributed by atoms with E-state index in [1.165, 1.54) is 32.1 Å². The minimum Gasteiger partial charge on any atom is -0.444 e. The van der Waals surface area contributed by atoms with Gasteiger partial charge in [-0.3, -0.25) is 5.32 Å². The van der Waals surface area contributed by atoms with Crippen LogP contribution in [-0.4, -0.2) is 17.7 Å². The van der Waals surface area contributed by atoms with E-state index >= 15 is 0 Å². The van der Waals surface area contributed by atoms with E-state index in [1.807, 2.05) is 45.0 Å². The first-order valence-corrected chi connectivity index (χ1v) is 7.79. The molecular weight excluding hydrogens is 264 g/mol. The summed E-state index contributed by atoms with van der Waals surface area (Å²) < 4.78 is 5.31. The number of hydrogen-bond donors (Lipinski definition) is 2. The van der Waals surface area contributed by atoms with Crippen molar-refractivity contribution in [2.24, 2.45) is 0 Å². The van der Waals surface area contributed by atoms with Crippen LogP contribution in [0.1, 0.15) is 52.9 Å². The monoisotopic (exact) mass is 290 g/mol. The normalized spacial score (nSPS) is 16.3. The quantitative estimate of drug-likeness (QED) is 0.842. The van der Waals surface area contributed by atoms with Crippen molar-refractivity contribution in [2.75, 3.05) is 10.6 Å². The van der Waals surface area contributed by atoms with Gasteiger partial charge in [0.1, 0.15) is 5.60 Å². The number of hydrogen-bond acceptors (Lipinski definition) is 3. The summed E-state index contributed by atoms with van der Waals surface area (Å²) in [5.41, 5.74) is 1.25. The summed E-state index contributed by atoms with van der Waals surface area (Å²) in [5.74, 6) is 0. The maximum Gasteiger partial charge on any atom is 0.412 e. The third-order valence-electron chi connectivity index (χ3n) is 3.53. The van der Waals surface area contributed by atoms with Gasteiger partial charge in [-0.1, -0.05) is 31.4 Å². The molecule has 0 unspecified atom stereocenters. The molecule has 116 valence electrons. The topological polar surface area (TPSA) is 50.4 Å². The zero-order chi connectivity index (χ0) is 15.3. The van der Waals surface area contributed by atoms with Gasteiger partial charge in [0, 0.05) is 6.04 Å². The second kappa shape index (κ2) is 6.83. The van der Waals surface area contributed by atoms with Crippen LogP contribution in [0, 0.1) is 0 Å². The van der Waals surface area contributed by atoms with Crippen LogP contribution in [0.5, 0.6) is 0 Å². The predicted molar refractivity (Wildman–Crippen MR) is 86.8 cm³/mol. The smallest absolute Gasteiger partial charge is 0.412 e. The molecule has 0 spiro atoms. The highest BCUT2D eigenvalue weighted by atomic mass is 16.6. The Morgan fingerprint density at radius 2 is 1.71 bits per heavy atom. The number of amides is 1. The Kier molecular flexibility index (Phi) is 5.10. The molecule has 4 heteroatoms. The molecule has 0 bridgehead atoms. The van der Waals surface area contributed by atoms with Crippen LogP contribution in [0.15, 0.2) is 24.3 Å². The Morgan fingerprint density at radius 1 is 1.10 bits per heavy atom. The number of anilines is 2. The highest BCUT2D eigenvalue weighted by Crippen LogP contribution is 2.27. The second-order valence-electron chi connectivity index (χ2n) is 6.65. The van der Waals surface area contributed by atoms with Crippen molar-refractivity contribution in [1.82, 2.24) is 0 Å². The van der Waals surface area contributed by atoms with Crippen molar-refractivity contribution >= 4 is 17.5 Å². The van der Waals surface area contributed by atoms with Gasteiger partial charge in [-0.2, -0.15) is 0 Å². The lowest BCUT2D eigenvalue weighted by Crippen LogP contribution is -2.28. The van der Waals surface area contributed by atoms with Crippen LogP contribution in [0.25, 0.3) is 0 Å². The van der Waals surface area contributed by atoms with Gasteiger partial charge in [0.05, 0.1) is 11.4 Å². The number of para-hydroxylation sites is 2. The summed E-state index contributed by atoms with van der Waals surface area (Å²) in [6, 6.07) is 8.29. The lowest BCUT2D eigenvalue weighted by atomic mass is 9.95. The lowest BCUT2D eigenvalue weighted by molar-refractivity contribution is 0.0636. The van der Waals surface area contributed by atoms with Crippen molar-refractivity contribution in [2.45, 2.75) is 64.5 Å². The van der Waals surface area contributed by atoms with Gasteiger partial charge >= 0.3 is 6.09 Å². The van der Waals surface area contributed by atoms with Crippen LogP contribution in [-0.2, 0) is 4.74 Å². The Morgan fingerprint density at radius 3 is 2.33 bits per heavy atom. The molecular formula is C17H26N2O2. The lowest BCUT2D eigenvalue weighted by Gasteiger charge is -2.25. The number of rotatable bonds is 3. The standard InChI is InChI=1S/C17H26N2O2/c1-17(2,3)21-16(20)19-15-12-8-7-11-14(15)18-13-9-5-4-6-10-13/h7-8,11-13,18H,4-6,9-10H2,1-3H3,(H,19,20). The summed E-state index contributed by atoms with van der Waals surface area (Å²) in [6.07, 6.45) is 5.86. The highest BCUT2D eigenvalue weighted by molar-refractivity contribution is 5.89. The van der Waals surface area contributed by atoms with Gasteiger partial charge in [0.2, 0.25) is 0 Å². The second-order valence-corrected chi connectivity index (χ2v) is 6.65. The summed E-state index contributed by atoms with van der Waals surface area (Å²) in [6.45, 7) is 5.58. The van der Waals surface area contributed by atoms with E-state index in [1.54, 1.807) is 0 Å². The van der Waals surface area contributed by atoms with Crippen molar-refractivity contribution in [3.8, 4) is 0 Å². The van der Waals surface area contributed by atoms with Crippen molar-refractivity contribution in [3.05, 3.63) is 24.3 Å². The van der Waals surface area contributed by atoms with Gasteiger partial charge < -0.3 is 10.1 Å². The maximum absolute atomic E-state index is 11.9. The minimum absolute atomic E-state index is 0.416. The number of nitrogens with one attached hydrogen (secondary N) is 2. The molecule has 0 saturated heterocycles. The van der Waals surface area contributed by atoms with E-state index in [0.717, 1.165) is 11.4 Å². The molecule has 2 N–H and O–H groups in total. The van der Waals surface area contributed by atoms with Gasteiger partial charge in [-0.25, -0.2) is 4.79 Å². The van der Waals surface area contributed by atoms with Crippen molar-refractivity contribution < 1.29 is 9.53 Å². The third-order valence-corrected chi connectivity index (χ3v) is 3.53. The third kappa shape index (κ3) is 5.29. The molecule has 21 heavy (non-hydrogen) atoms. The van der Waals surface area contributed by atoms with Crippen LogP contribution in [0.4, 0.5) is 16.2 Å². The fourth-order valence-electron chi connectivity index (χ4n) is 2.60. The largest absolute Gasteiger partial charge is 0.444 e. The van der Waals surface area contributed by atoms with E-state index in [0.29, 0.717) is 6.04 Å². The number of carbonyl (C=O) groups excluding carboxylic acids is 1. The molecule has 4 nitrogen and oxygen atoms in total. The molecule has 0 atom stereocenters. The Bertz CT molecular complexity index is 474. The average Bonchev–Trinajstić information content (AvgIpc) is 2.40. The molecule has 1 amide bonds. The first kappa shape index (κ1) is 15.7. The first-order valence-electron chi connectivity index (χ1n) is 7.79. The SMILES string of the molecule is CC(C)(C)OC(=O)Nc1ccccc1NC1CCCCC1. The van der Waals surface area contributed by atoms with Crippen molar-refractivity contribution in [1.29, 1.82) is 0 Å². The molecule has 2 rings (SSSR count). The van der Waals surface area contributed by atoms with Gasteiger partial charge in [-0.05, 0) is 45.7 Å². The van der Waals surface area contributed by atoms with Crippen molar-refractivity contribution in [3.63, 3.8) is 0 Å². The number of ether oxygens (including phenoxy) is 1. The molecule has 1 aromatic rings. The molecule has 1 aliphatic carbocycles. The van der Waals surface area contributed by atoms with Crippen LogP contribution in [0.2, 0.25) is 0 Å². The number of carbonyl (C=O) groups is 1. The fourth-order valence-corrected chi connectivity index (χ4v) is 2.60. The molecule has 1 saturated carbocycles. The Hall–Kier alpha value is -1.71. The molecule has 0 aromatic heterocycles. The highest BCUT2D eigenvalue weighted by Gasteiger charge is 2.18. The van der Waals surface area contributed by atoms with E-state index in [4.69, 9.17) is 4.74 Å². The Labute approximate surface area is 127 Å². The van der Waals surface area contributed by atoms with E-state index in [9.17, 15) is 4.79 Å². The molecule has 1 fully saturated rings. The fraction of sp³-hybridized carbons (Fsp3) is 0.588. The maximum atomic E-state index is 11.9. The number of benzene rings is 1. The van der Waals surface area contributed by atoms with Crippen LogP contribution < -0.4 is 10.6 Å². The zero-order valence-electron chi connectivity index (χ0n) is 13.2. The molecule has 1 aliphatic rings. The summed E-state index contributed by atoms with van der Waals surface area (Å²) in [7, 11) is 0. The summed E-state index contributed by atoms with van der Waals surface area (Å²) in [5, 5.41) is 6.38. The minimum atomic E-state index is -0.490. The molecule has 0 radical (unpaired) electrons. The van der Waals surface area contributed by atoms with E-state index in [2.05, 4.69) is 10.6 Å². The average molecular weight is 290 g/mol. The van der Waals surface area contributed by atoms with Crippen LogP contribution in [0.3, 0.4) is 0 Å². The first-order chi connectivity index (χ1) is 9.94. The van der Waals surface area contributed by atoms with Crippen LogP contribution >= 0.6 is 0 Å². The molecule has 0 heterocycles. The van der Waals surface area contributed by atoms with Gasteiger partial charge in [0.25, 0.3) is 0 Å². The van der Waals surface area contributed by atoms with E-state index < -0.39 is 11.7 Å². The summed E-state index contributed by atoms with van der Waals surface area (Å²) >= 11 is 0. The van der Waals surface area contributed by atoms with Gasteiger partial charge in [-0.15, -0.1) is 0 Å². The Balaban J connectivity index is 2.00. The zero-order valence-corrected chi connectivity index (χ0v) is 13.2. The van der Waals surface area contributed by atoms with Gasteiger partial charge in [0.15, 0.2) is 0 Å². The molecule has 0 aliphatic heterocycles.